The van der Waals surface area contributed by atoms with Crippen LogP contribution >= 0.6 is 23.5 Å². The first kappa shape index (κ1) is 25.2. The summed E-state index contributed by atoms with van der Waals surface area (Å²) in [5.41, 5.74) is 4.19. The molecule has 1 fully saturated rings. The van der Waals surface area contributed by atoms with Crippen molar-refractivity contribution in [2.75, 3.05) is 12.3 Å². The Morgan fingerprint density at radius 3 is 2.43 bits per heavy atom. The van der Waals surface area contributed by atoms with E-state index in [1.165, 1.54) is 0 Å². The average Bonchev–Trinajstić information content (AvgIpc) is 2.96. The molecule has 5 atom stereocenters. The molecule has 8 N–H and O–H groups in total. The lowest BCUT2D eigenvalue weighted by atomic mass is 10.2. The van der Waals surface area contributed by atoms with Crippen molar-refractivity contribution in [2.45, 2.75) is 24.9 Å². The van der Waals surface area contributed by atoms with Gasteiger partial charge in [0, 0.05) is 6.42 Å². The summed E-state index contributed by atoms with van der Waals surface area (Å²) < 4.78 is 64.8. The molecule has 0 aliphatic carbocycles. The van der Waals surface area contributed by atoms with Crippen molar-refractivity contribution in [1.29, 1.82) is 0 Å². The molecular formula is C9H16FN4O13P3. The molecule has 2 heterocycles. The third-order valence-corrected chi connectivity index (χ3v) is 7.22. The Kier molecular flexibility index (Phi) is 7.70. The van der Waals surface area contributed by atoms with Crippen LogP contribution in [0, 0.1) is 5.82 Å². The van der Waals surface area contributed by atoms with Crippen molar-refractivity contribution in [3.8, 4) is 0 Å². The highest BCUT2D eigenvalue weighted by molar-refractivity contribution is 7.66. The topological polar surface area (TPSA) is 265 Å². The zero-order chi connectivity index (χ0) is 22.9. The van der Waals surface area contributed by atoms with E-state index >= 15 is 0 Å². The van der Waals surface area contributed by atoms with Gasteiger partial charge in [0.25, 0.3) is 0 Å². The maximum atomic E-state index is 13.6. The van der Waals surface area contributed by atoms with Gasteiger partial charge in [0.15, 0.2) is 11.6 Å². The monoisotopic (exact) mass is 500 g/mol. The van der Waals surface area contributed by atoms with Gasteiger partial charge in [-0.05, 0) is 0 Å². The first-order valence-electron chi connectivity index (χ1n) is 7.46. The van der Waals surface area contributed by atoms with E-state index in [9.17, 15) is 27.8 Å². The van der Waals surface area contributed by atoms with Crippen molar-refractivity contribution in [1.82, 2.24) is 9.55 Å². The second-order valence-corrected chi connectivity index (χ2v) is 10.0. The predicted octanol–water partition coefficient (Wildman–Crippen LogP) is -1.15. The number of nitrogens with zero attached hydrogens (tertiary/aromatic N) is 2. The molecule has 1 aliphatic rings. The van der Waals surface area contributed by atoms with E-state index in [0.29, 0.717) is 10.8 Å². The van der Waals surface area contributed by atoms with Crippen LogP contribution in [0.5, 0.6) is 0 Å². The van der Waals surface area contributed by atoms with Gasteiger partial charge in [-0.2, -0.15) is 13.6 Å². The first-order valence-corrected chi connectivity index (χ1v) is 12.0. The highest BCUT2D eigenvalue weighted by atomic mass is 31.3. The summed E-state index contributed by atoms with van der Waals surface area (Å²) >= 11 is 0. The molecule has 1 aromatic rings. The van der Waals surface area contributed by atoms with Crippen LogP contribution in [-0.2, 0) is 36.4 Å². The van der Waals surface area contributed by atoms with E-state index in [0.717, 1.165) is 0 Å². The lowest BCUT2D eigenvalue weighted by Gasteiger charge is -2.20. The molecule has 3 unspecified atom stereocenters. The largest absolute Gasteiger partial charge is 0.490 e. The standard InChI is InChI=1S/C9H16FN4O13P3/c10-4-2-14(9(15)13-8(4)11)7-1-5(25-12)6(24-7)3-23-29(19,20)27-30(21,22)26-28(16,17)18/h2,5-7H,1,3,12H2,(H,19,20)(H,21,22)(H2,11,13,15)(H2,16,17,18)/t5?,6-,7-/m1/s1. The quantitative estimate of drug-likeness (QED) is 0.173. The highest BCUT2D eigenvalue weighted by Crippen LogP contribution is 2.66. The lowest BCUT2D eigenvalue weighted by Crippen LogP contribution is -2.31. The smallest absolute Gasteiger partial charge is 0.381 e. The molecule has 17 nitrogen and oxygen atoms in total. The number of phosphoric acid groups is 3. The fraction of sp³-hybridized carbons (Fsp3) is 0.556. The summed E-state index contributed by atoms with van der Waals surface area (Å²) in [5, 5.41) is 0. The Morgan fingerprint density at radius 1 is 1.23 bits per heavy atom. The van der Waals surface area contributed by atoms with Crippen LogP contribution in [0.1, 0.15) is 12.6 Å². The molecule has 172 valence electrons. The molecule has 1 aliphatic heterocycles. The van der Waals surface area contributed by atoms with Crippen LogP contribution < -0.4 is 17.3 Å². The Bertz CT molecular complexity index is 983. The van der Waals surface area contributed by atoms with E-state index in [-0.39, 0.29) is 6.42 Å². The van der Waals surface area contributed by atoms with Crippen molar-refractivity contribution >= 4 is 29.3 Å². The zero-order valence-corrected chi connectivity index (χ0v) is 17.1. The number of phosphoric ester groups is 1. The average molecular weight is 500 g/mol. The molecule has 0 saturated carbocycles. The Balaban J connectivity index is 2.07. The SMILES string of the molecule is NOC1C[C@H](n2cc(F)c(N)nc2=O)O[C@@H]1COP(=O)(O)OP(=O)(O)OP(=O)(O)O. The lowest BCUT2D eigenvalue weighted by molar-refractivity contribution is -0.0619. The van der Waals surface area contributed by atoms with Gasteiger partial charge in [-0.3, -0.25) is 13.9 Å². The number of nitrogen functional groups attached to an aromatic ring is 1. The minimum Gasteiger partial charge on any atom is -0.381 e. The molecule has 1 aromatic heterocycles. The minimum absolute atomic E-state index is 0.175. The minimum atomic E-state index is -5.70. The van der Waals surface area contributed by atoms with Crippen LogP contribution in [-0.4, -0.2) is 47.9 Å². The Hall–Kier alpha value is -1.10. The van der Waals surface area contributed by atoms with E-state index in [1.54, 1.807) is 0 Å². The third kappa shape index (κ3) is 6.96. The van der Waals surface area contributed by atoms with Gasteiger partial charge >= 0.3 is 29.2 Å². The Morgan fingerprint density at radius 2 is 1.87 bits per heavy atom. The van der Waals surface area contributed by atoms with E-state index in [1.807, 2.05) is 0 Å². The van der Waals surface area contributed by atoms with Crippen molar-refractivity contribution in [3.05, 3.63) is 22.5 Å². The number of nitrogens with two attached hydrogens (primary N) is 2. The third-order valence-electron chi connectivity index (χ3n) is 3.42. The van der Waals surface area contributed by atoms with Gasteiger partial charge in [0.1, 0.15) is 18.4 Å². The van der Waals surface area contributed by atoms with Crippen LogP contribution in [0.4, 0.5) is 10.2 Å². The van der Waals surface area contributed by atoms with Crippen molar-refractivity contribution in [2.24, 2.45) is 5.90 Å². The van der Waals surface area contributed by atoms with Gasteiger partial charge in [0.05, 0.1) is 12.8 Å². The fourth-order valence-electron chi connectivity index (χ4n) is 2.30. The van der Waals surface area contributed by atoms with Crippen LogP contribution in [0.15, 0.2) is 11.0 Å². The molecule has 2 rings (SSSR count). The molecular weight excluding hydrogens is 484 g/mol. The van der Waals surface area contributed by atoms with Gasteiger partial charge in [-0.15, -0.1) is 0 Å². The maximum absolute atomic E-state index is 13.6. The molecule has 1 saturated heterocycles. The first-order chi connectivity index (χ1) is 13.6. The predicted molar refractivity (Wildman–Crippen MR) is 90.3 cm³/mol. The Labute approximate surface area is 165 Å². The molecule has 0 bridgehead atoms. The second-order valence-electron chi connectivity index (χ2n) is 5.59. The number of halogens is 1. The van der Waals surface area contributed by atoms with Gasteiger partial charge in [-0.1, -0.05) is 0 Å². The van der Waals surface area contributed by atoms with Crippen molar-refractivity contribution in [3.63, 3.8) is 0 Å². The van der Waals surface area contributed by atoms with E-state index in [4.69, 9.17) is 31.0 Å². The number of ether oxygens (including phenoxy) is 1. The van der Waals surface area contributed by atoms with E-state index < -0.39 is 65.8 Å². The van der Waals surface area contributed by atoms with Gasteiger partial charge in [-0.25, -0.2) is 28.8 Å². The van der Waals surface area contributed by atoms with Crippen LogP contribution in [0.3, 0.4) is 0 Å². The maximum Gasteiger partial charge on any atom is 0.490 e. The highest BCUT2D eigenvalue weighted by Gasteiger charge is 2.43. The number of hydrogen-bond acceptors (Lipinski definition) is 12. The van der Waals surface area contributed by atoms with Gasteiger partial charge < -0.3 is 30.0 Å². The van der Waals surface area contributed by atoms with Gasteiger partial charge in [0.2, 0.25) is 0 Å². The van der Waals surface area contributed by atoms with Crippen molar-refractivity contribution < 1.29 is 60.4 Å². The molecule has 21 heteroatoms. The fourth-order valence-corrected chi connectivity index (χ4v) is 5.33. The van der Waals surface area contributed by atoms with Crippen LogP contribution in [0.25, 0.3) is 0 Å². The second kappa shape index (κ2) is 9.18. The summed E-state index contributed by atoms with van der Waals surface area (Å²) in [6.45, 7) is -0.887. The molecule has 0 amide bonds. The number of aromatic nitrogens is 2. The van der Waals surface area contributed by atoms with Crippen LogP contribution in [0.2, 0.25) is 0 Å². The summed E-state index contributed by atoms with van der Waals surface area (Å²) in [5.74, 6) is 3.40. The number of rotatable bonds is 9. The molecule has 30 heavy (non-hydrogen) atoms. The summed E-state index contributed by atoms with van der Waals surface area (Å²) in [6, 6.07) is 0. The normalized spacial score (nSPS) is 26.3. The summed E-state index contributed by atoms with van der Waals surface area (Å²) in [6.07, 6.45) is -3.03. The zero-order valence-electron chi connectivity index (χ0n) is 14.5. The van der Waals surface area contributed by atoms with E-state index in [2.05, 4.69) is 23.0 Å². The number of hydrogen-bond donors (Lipinski definition) is 6. The molecule has 0 spiro atoms. The number of anilines is 1. The molecule has 0 aromatic carbocycles. The summed E-state index contributed by atoms with van der Waals surface area (Å²) in [7, 11) is -16.7. The molecule has 0 radical (unpaired) electrons. The summed E-state index contributed by atoms with van der Waals surface area (Å²) in [4.78, 5) is 55.1.